The number of hydrogen-bond acceptors (Lipinski definition) is 6. The Morgan fingerprint density at radius 1 is 1.10 bits per heavy atom. The van der Waals surface area contributed by atoms with Gasteiger partial charge in [-0.3, -0.25) is 4.68 Å². The third-order valence-electron chi connectivity index (χ3n) is 4.37. The van der Waals surface area contributed by atoms with Gasteiger partial charge >= 0.3 is 6.18 Å². The second-order valence-electron chi connectivity index (χ2n) is 7.23. The van der Waals surface area contributed by atoms with Crippen LogP contribution in [0.2, 0.25) is 0 Å². The maximum absolute atomic E-state index is 12.7. The molecule has 0 spiro atoms. The molecule has 0 radical (unpaired) electrons. The molecule has 0 aliphatic heterocycles. The molecule has 4 heterocycles. The van der Waals surface area contributed by atoms with Crippen molar-refractivity contribution in [2.24, 2.45) is 0 Å². The van der Waals surface area contributed by atoms with Crippen LogP contribution in [0.1, 0.15) is 19.4 Å². The van der Waals surface area contributed by atoms with Crippen molar-refractivity contribution in [3.63, 3.8) is 0 Å². The molecule has 0 saturated carbocycles. The Morgan fingerprint density at radius 2 is 1.90 bits per heavy atom. The number of hydrogen-bond donors (Lipinski definition) is 1. The first kappa shape index (κ1) is 20.3. The average Bonchev–Trinajstić information content (AvgIpc) is 3.32. The molecule has 4 aromatic rings. The first-order valence-corrected chi connectivity index (χ1v) is 9.34. The number of pyridine rings is 2. The van der Waals surface area contributed by atoms with Crippen LogP contribution < -0.4 is 5.32 Å². The van der Waals surface area contributed by atoms with E-state index >= 15 is 0 Å². The Kier molecular flexibility index (Phi) is 5.06. The Bertz CT molecular complexity index is 1280. The van der Waals surface area contributed by atoms with Gasteiger partial charge in [-0.1, -0.05) is 0 Å². The highest BCUT2D eigenvalue weighted by molar-refractivity contribution is 5.80. The minimum atomic E-state index is -4.36. The second-order valence-corrected chi connectivity index (χ2v) is 7.23. The molecule has 4 rings (SSSR count). The highest BCUT2D eigenvalue weighted by Gasteiger charge is 2.28. The number of halogens is 3. The van der Waals surface area contributed by atoms with Crippen LogP contribution in [-0.2, 0) is 6.54 Å². The summed E-state index contributed by atoms with van der Waals surface area (Å²) in [5.74, 6) is 0.474. The summed E-state index contributed by atoms with van der Waals surface area (Å²) < 4.78 is 40.4. The molecule has 8 nitrogen and oxygen atoms in total. The van der Waals surface area contributed by atoms with Gasteiger partial charge in [0.15, 0.2) is 11.5 Å². The first-order valence-electron chi connectivity index (χ1n) is 9.34. The Labute approximate surface area is 175 Å². The smallest absolute Gasteiger partial charge is 0.382 e. The summed E-state index contributed by atoms with van der Waals surface area (Å²) in [5, 5.41) is 21.2. The zero-order valence-electron chi connectivity index (χ0n) is 16.6. The van der Waals surface area contributed by atoms with Crippen molar-refractivity contribution in [2.45, 2.75) is 32.6 Å². The quantitative estimate of drug-likeness (QED) is 0.519. The van der Waals surface area contributed by atoms with E-state index < -0.39 is 12.7 Å². The van der Waals surface area contributed by atoms with Crippen LogP contribution in [0.3, 0.4) is 0 Å². The summed E-state index contributed by atoms with van der Waals surface area (Å²) in [7, 11) is 0. The summed E-state index contributed by atoms with van der Waals surface area (Å²) in [6.45, 7) is 2.73. The van der Waals surface area contributed by atoms with Crippen molar-refractivity contribution in [3.05, 3.63) is 48.7 Å². The van der Waals surface area contributed by atoms with Gasteiger partial charge in [0.25, 0.3) is 0 Å². The number of nitriles is 1. The minimum Gasteiger partial charge on any atom is -0.382 e. The largest absolute Gasteiger partial charge is 0.408 e. The molecule has 0 aromatic carbocycles. The van der Waals surface area contributed by atoms with Crippen LogP contribution in [-0.4, -0.2) is 41.7 Å². The van der Waals surface area contributed by atoms with Crippen LogP contribution in [0, 0.1) is 11.3 Å². The highest BCUT2D eigenvalue weighted by Crippen LogP contribution is 2.30. The van der Waals surface area contributed by atoms with E-state index in [-0.39, 0.29) is 6.04 Å². The van der Waals surface area contributed by atoms with E-state index in [2.05, 4.69) is 25.5 Å². The van der Waals surface area contributed by atoms with E-state index in [1.165, 1.54) is 18.6 Å². The molecule has 0 unspecified atom stereocenters. The highest BCUT2D eigenvalue weighted by atomic mass is 19.4. The van der Waals surface area contributed by atoms with Gasteiger partial charge < -0.3 is 5.32 Å². The summed E-state index contributed by atoms with van der Waals surface area (Å²) in [5.41, 5.74) is 2.75. The van der Waals surface area contributed by atoms with Crippen molar-refractivity contribution >= 4 is 16.7 Å². The van der Waals surface area contributed by atoms with Gasteiger partial charge in [-0.2, -0.15) is 33.3 Å². The van der Waals surface area contributed by atoms with E-state index in [1.807, 2.05) is 19.9 Å². The van der Waals surface area contributed by atoms with Gasteiger partial charge in [-0.25, -0.2) is 9.97 Å². The SMILES string of the molecule is CC(C)Nc1cc(-n2ncc3cc(C#N)cnc32)ncc1-c1cnn(CC(F)(F)F)c1. The monoisotopic (exact) mass is 426 g/mol. The van der Waals surface area contributed by atoms with Gasteiger partial charge in [0.2, 0.25) is 0 Å². The average molecular weight is 426 g/mol. The molecule has 0 atom stereocenters. The van der Waals surface area contributed by atoms with E-state index in [4.69, 9.17) is 5.26 Å². The van der Waals surface area contributed by atoms with Crippen molar-refractivity contribution in [3.8, 4) is 23.0 Å². The maximum Gasteiger partial charge on any atom is 0.408 e. The third-order valence-corrected chi connectivity index (χ3v) is 4.37. The van der Waals surface area contributed by atoms with Gasteiger partial charge in [-0.05, 0) is 19.9 Å². The number of nitrogens with zero attached hydrogens (tertiary/aromatic N) is 7. The summed E-state index contributed by atoms with van der Waals surface area (Å²) >= 11 is 0. The zero-order valence-corrected chi connectivity index (χ0v) is 16.6. The summed E-state index contributed by atoms with van der Waals surface area (Å²) in [6, 6.07) is 5.53. The molecule has 4 aromatic heterocycles. The van der Waals surface area contributed by atoms with Crippen molar-refractivity contribution in [1.82, 2.24) is 29.5 Å². The van der Waals surface area contributed by atoms with Crippen molar-refractivity contribution < 1.29 is 13.2 Å². The lowest BCUT2D eigenvalue weighted by atomic mass is 10.1. The first-order chi connectivity index (χ1) is 14.7. The fraction of sp³-hybridized carbons (Fsp3) is 0.250. The minimum absolute atomic E-state index is 0.0601. The normalized spacial score (nSPS) is 11.8. The molecule has 0 fully saturated rings. The molecule has 1 N–H and O–H groups in total. The van der Waals surface area contributed by atoms with Crippen molar-refractivity contribution in [2.75, 3.05) is 5.32 Å². The number of rotatable bonds is 5. The predicted molar refractivity (Wildman–Crippen MR) is 107 cm³/mol. The summed E-state index contributed by atoms with van der Waals surface area (Å²) in [6.07, 6.45) is 2.97. The number of alkyl halides is 3. The lowest BCUT2D eigenvalue weighted by Crippen LogP contribution is -2.17. The fourth-order valence-corrected chi connectivity index (χ4v) is 3.14. The molecule has 11 heteroatoms. The van der Waals surface area contributed by atoms with Gasteiger partial charge in [0.05, 0.1) is 18.0 Å². The second kappa shape index (κ2) is 7.71. The Morgan fingerprint density at radius 3 is 2.61 bits per heavy atom. The molecule has 0 saturated heterocycles. The van der Waals surface area contributed by atoms with Crippen LogP contribution in [0.4, 0.5) is 18.9 Å². The molecule has 0 aliphatic rings. The van der Waals surface area contributed by atoms with Crippen LogP contribution >= 0.6 is 0 Å². The number of anilines is 1. The van der Waals surface area contributed by atoms with Gasteiger partial charge in [-0.15, -0.1) is 0 Å². The van der Waals surface area contributed by atoms with E-state index in [9.17, 15) is 13.2 Å². The number of fused-ring (bicyclic) bond motifs is 1. The van der Waals surface area contributed by atoms with Crippen LogP contribution in [0.5, 0.6) is 0 Å². The zero-order chi connectivity index (χ0) is 22.2. The standard InChI is InChI=1S/C20H17F3N8/c1-12(2)29-17-4-18(31-19-14(7-28-31)3-13(5-24)6-26-19)25-9-16(17)15-8-27-30(10-15)11-20(21,22)23/h3-4,6-10,12H,11H2,1-2H3,(H,25,29). The molecule has 158 valence electrons. The Hall–Kier alpha value is -3.94. The van der Waals surface area contributed by atoms with Crippen LogP contribution in [0.15, 0.2) is 43.1 Å². The molecular formula is C20H17F3N8. The van der Waals surface area contributed by atoms with E-state index in [0.717, 1.165) is 4.68 Å². The van der Waals surface area contributed by atoms with E-state index in [1.54, 1.807) is 29.2 Å². The van der Waals surface area contributed by atoms with Crippen molar-refractivity contribution in [1.29, 1.82) is 5.26 Å². The van der Waals surface area contributed by atoms with Gasteiger partial charge in [0, 0.05) is 52.9 Å². The molecular weight excluding hydrogens is 409 g/mol. The summed E-state index contributed by atoms with van der Waals surface area (Å²) in [4.78, 5) is 8.73. The number of aromatic nitrogens is 6. The van der Waals surface area contributed by atoms with E-state index in [0.29, 0.717) is 39.2 Å². The molecule has 0 aliphatic carbocycles. The van der Waals surface area contributed by atoms with Crippen LogP contribution in [0.25, 0.3) is 28.0 Å². The lowest BCUT2D eigenvalue weighted by Gasteiger charge is -2.15. The molecule has 0 bridgehead atoms. The van der Waals surface area contributed by atoms with Gasteiger partial charge in [0.1, 0.15) is 12.6 Å². The Balaban J connectivity index is 1.76. The molecule has 0 amide bonds. The topological polar surface area (TPSA) is 97.2 Å². The predicted octanol–water partition coefficient (Wildman–Crippen LogP) is 3.93. The molecule has 31 heavy (non-hydrogen) atoms. The maximum atomic E-state index is 12.7. The third kappa shape index (κ3) is 4.32. The fourth-order valence-electron chi connectivity index (χ4n) is 3.14. The number of nitrogens with one attached hydrogen (secondary N) is 1. The lowest BCUT2D eigenvalue weighted by molar-refractivity contribution is -0.142.